The SMILES string of the molecule is O=C(COC(=O)c1cc(Cl)ccc1O)c1ccc(OC(=O)c2ccccc2)cc1. The van der Waals surface area contributed by atoms with Gasteiger partial charge in [-0.3, -0.25) is 4.79 Å². The van der Waals surface area contributed by atoms with E-state index in [9.17, 15) is 19.5 Å². The van der Waals surface area contributed by atoms with Crippen LogP contribution in [-0.2, 0) is 4.74 Å². The quantitative estimate of drug-likeness (QED) is 0.370. The largest absolute Gasteiger partial charge is 0.507 e. The van der Waals surface area contributed by atoms with E-state index in [-0.39, 0.29) is 27.6 Å². The number of aromatic hydroxyl groups is 1. The molecule has 0 radical (unpaired) electrons. The van der Waals surface area contributed by atoms with Crippen LogP contribution in [-0.4, -0.2) is 29.4 Å². The van der Waals surface area contributed by atoms with Crippen molar-refractivity contribution in [2.45, 2.75) is 0 Å². The summed E-state index contributed by atoms with van der Waals surface area (Å²) in [5, 5.41) is 9.94. The highest BCUT2D eigenvalue weighted by molar-refractivity contribution is 6.31. The van der Waals surface area contributed by atoms with Crippen LogP contribution in [0.3, 0.4) is 0 Å². The van der Waals surface area contributed by atoms with Crippen LogP contribution in [0, 0.1) is 0 Å². The molecule has 0 aliphatic heterocycles. The van der Waals surface area contributed by atoms with E-state index in [2.05, 4.69) is 0 Å². The Balaban J connectivity index is 1.58. The van der Waals surface area contributed by atoms with Gasteiger partial charge in [-0.1, -0.05) is 29.8 Å². The summed E-state index contributed by atoms with van der Waals surface area (Å²) < 4.78 is 10.2. The van der Waals surface area contributed by atoms with E-state index in [4.69, 9.17) is 21.1 Å². The van der Waals surface area contributed by atoms with Gasteiger partial charge in [0.1, 0.15) is 17.1 Å². The van der Waals surface area contributed by atoms with E-state index in [1.807, 2.05) is 0 Å². The maximum absolute atomic E-state index is 12.2. The third kappa shape index (κ3) is 5.21. The monoisotopic (exact) mass is 410 g/mol. The molecule has 0 spiro atoms. The molecule has 0 aliphatic carbocycles. The average molecular weight is 411 g/mol. The van der Waals surface area contributed by atoms with Gasteiger partial charge in [0, 0.05) is 10.6 Å². The van der Waals surface area contributed by atoms with Crippen LogP contribution in [0.4, 0.5) is 0 Å². The highest BCUT2D eigenvalue weighted by atomic mass is 35.5. The minimum Gasteiger partial charge on any atom is -0.507 e. The molecular formula is C22H15ClO6. The summed E-state index contributed by atoms with van der Waals surface area (Å²) in [5.41, 5.74) is 0.546. The number of phenolic OH excluding ortho intramolecular Hbond substituents is 1. The van der Waals surface area contributed by atoms with Gasteiger partial charge in [0.05, 0.1) is 5.56 Å². The number of carbonyl (C=O) groups excluding carboxylic acids is 3. The van der Waals surface area contributed by atoms with Crippen molar-refractivity contribution in [3.63, 3.8) is 0 Å². The topological polar surface area (TPSA) is 89.9 Å². The molecule has 6 nitrogen and oxygen atoms in total. The van der Waals surface area contributed by atoms with E-state index in [0.717, 1.165) is 0 Å². The minimum atomic E-state index is -0.869. The van der Waals surface area contributed by atoms with Crippen molar-refractivity contribution in [1.82, 2.24) is 0 Å². The van der Waals surface area contributed by atoms with Crippen molar-refractivity contribution < 1.29 is 29.0 Å². The zero-order valence-corrected chi connectivity index (χ0v) is 15.8. The van der Waals surface area contributed by atoms with Crippen LogP contribution in [0.5, 0.6) is 11.5 Å². The number of hydrogen-bond donors (Lipinski definition) is 1. The van der Waals surface area contributed by atoms with Gasteiger partial charge in [-0.15, -0.1) is 0 Å². The van der Waals surface area contributed by atoms with E-state index in [1.165, 1.54) is 42.5 Å². The number of carbonyl (C=O) groups is 3. The second kappa shape index (κ2) is 9.03. The Bertz CT molecular complexity index is 1040. The van der Waals surface area contributed by atoms with Crippen LogP contribution in [0.25, 0.3) is 0 Å². The van der Waals surface area contributed by atoms with Gasteiger partial charge < -0.3 is 14.6 Å². The zero-order valence-electron chi connectivity index (χ0n) is 15.0. The number of halogens is 1. The first kappa shape index (κ1) is 20.1. The molecule has 0 fully saturated rings. The van der Waals surface area contributed by atoms with Crippen molar-refractivity contribution in [1.29, 1.82) is 0 Å². The fourth-order valence-electron chi connectivity index (χ4n) is 2.41. The van der Waals surface area contributed by atoms with Gasteiger partial charge in [-0.2, -0.15) is 0 Å². The molecule has 3 aromatic carbocycles. The molecule has 7 heteroatoms. The molecule has 0 aliphatic rings. The Hall–Kier alpha value is -3.64. The lowest BCUT2D eigenvalue weighted by Gasteiger charge is -2.07. The highest BCUT2D eigenvalue weighted by Gasteiger charge is 2.16. The Morgan fingerprint density at radius 2 is 1.52 bits per heavy atom. The molecule has 3 rings (SSSR count). The molecule has 3 aromatic rings. The third-order valence-corrected chi connectivity index (χ3v) is 4.14. The summed E-state index contributed by atoms with van der Waals surface area (Å²) in [6, 6.07) is 18.3. The number of hydrogen-bond acceptors (Lipinski definition) is 6. The average Bonchev–Trinajstić information content (AvgIpc) is 2.74. The fourth-order valence-corrected chi connectivity index (χ4v) is 2.59. The van der Waals surface area contributed by atoms with Crippen LogP contribution < -0.4 is 4.74 Å². The predicted octanol–water partition coefficient (Wildman–Crippen LogP) is 4.30. The lowest BCUT2D eigenvalue weighted by atomic mass is 10.1. The molecule has 0 saturated heterocycles. The Morgan fingerprint density at radius 3 is 2.21 bits per heavy atom. The fraction of sp³-hybridized carbons (Fsp3) is 0.0455. The molecule has 0 aromatic heterocycles. The van der Waals surface area contributed by atoms with Crippen molar-refractivity contribution in [3.05, 3.63) is 94.5 Å². The number of Topliss-reactive ketones (excluding diaryl/α,β-unsaturated/α-hetero) is 1. The highest BCUT2D eigenvalue weighted by Crippen LogP contribution is 2.22. The summed E-state index contributed by atoms with van der Waals surface area (Å²) in [7, 11) is 0. The summed E-state index contributed by atoms with van der Waals surface area (Å²) in [4.78, 5) is 36.2. The van der Waals surface area contributed by atoms with Crippen molar-refractivity contribution >= 4 is 29.3 Å². The van der Waals surface area contributed by atoms with E-state index in [0.29, 0.717) is 5.56 Å². The molecule has 0 atom stereocenters. The summed E-state index contributed by atoms with van der Waals surface area (Å²) in [6.45, 7) is -0.520. The predicted molar refractivity (Wildman–Crippen MR) is 106 cm³/mol. The first-order valence-electron chi connectivity index (χ1n) is 8.50. The van der Waals surface area contributed by atoms with Gasteiger partial charge in [0.2, 0.25) is 0 Å². The number of benzene rings is 3. The number of rotatable bonds is 6. The lowest BCUT2D eigenvalue weighted by Crippen LogP contribution is -2.14. The first-order chi connectivity index (χ1) is 13.9. The minimum absolute atomic E-state index is 0.131. The molecule has 0 amide bonds. The Morgan fingerprint density at radius 1 is 0.828 bits per heavy atom. The van der Waals surface area contributed by atoms with Gasteiger partial charge >= 0.3 is 11.9 Å². The number of ketones is 1. The molecule has 29 heavy (non-hydrogen) atoms. The normalized spacial score (nSPS) is 10.2. The smallest absolute Gasteiger partial charge is 0.343 e. The van der Waals surface area contributed by atoms with Crippen LogP contribution in [0.15, 0.2) is 72.8 Å². The van der Waals surface area contributed by atoms with Crippen molar-refractivity contribution in [2.75, 3.05) is 6.61 Å². The molecule has 0 heterocycles. The van der Waals surface area contributed by atoms with Gasteiger partial charge in [-0.05, 0) is 54.6 Å². The number of phenols is 1. The summed E-state index contributed by atoms with van der Waals surface area (Å²) in [5.74, 6) is -1.86. The zero-order chi connectivity index (χ0) is 20.8. The maximum Gasteiger partial charge on any atom is 0.343 e. The van der Waals surface area contributed by atoms with Gasteiger partial charge in [0.15, 0.2) is 12.4 Å². The van der Waals surface area contributed by atoms with Gasteiger partial charge in [-0.25, -0.2) is 9.59 Å². The Kier molecular flexibility index (Phi) is 6.26. The number of esters is 2. The van der Waals surface area contributed by atoms with Crippen LogP contribution in [0.2, 0.25) is 5.02 Å². The first-order valence-corrected chi connectivity index (χ1v) is 8.88. The molecule has 1 N–H and O–H groups in total. The Labute approximate surface area is 171 Å². The molecule has 0 saturated carbocycles. The van der Waals surface area contributed by atoms with Crippen LogP contribution >= 0.6 is 11.6 Å². The molecule has 0 bridgehead atoms. The second-order valence-electron chi connectivity index (χ2n) is 5.94. The second-order valence-corrected chi connectivity index (χ2v) is 6.38. The summed E-state index contributed by atoms with van der Waals surface area (Å²) in [6.07, 6.45) is 0. The number of ether oxygens (including phenoxy) is 2. The van der Waals surface area contributed by atoms with Gasteiger partial charge in [0.25, 0.3) is 0 Å². The maximum atomic E-state index is 12.2. The van der Waals surface area contributed by atoms with E-state index >= 15 is 0 Å². The van der Waals surface area contributed by atoms with E-state index < -0.39 is 24.3 Å². The molecule has 0 unspecified atom stereocenters. The lowest BCUT2D eigenvalue weighted by molar-refractivity contribution is 0.0471. The summed E-state index contributed by atoms with van der Waals surface area (Å²) >= 11 is 5.79. The standard InChI is InChI=1S/C22H15ClO6/c23-16-8-11-19(24)18(12-16)22(27)28-13-20(25)14-6-9-17(10-7-14)29-21(26)15-4-2-1-3-5-15/h1-12,24H,13H2. The molecule has 146 valence electrons. The van der Waals surface area contributed by atoms with Crippen molar-refractivity contribution in [3.8, 4) is 11.5 Å². The van der Waals surface area contributed by atoms with Crippen molar-refractivity contribution in [2.24, 2.45) is 0 Å². The third-order valence-electron chi connectivity index (χ3n) is 3.91. The van der Waals surface area contributed by atoms with Crippen LogP contribution in [0.1, 0.15) is 31.1 Å². The molecular weight excluding hydrogens is 396 g/mol. The van der Waals surface area contributed by atoms with E-state index in [1.54, 1.807) is 30.3 Å².